The molecule has 4 unspecified atom stereocenters. The highest BCUT2D eigenvalue weighted by molar-refractivity contribution is 4.96. The lowest BCUT2D eigenvalue weighted by Gasteiger charge is -2.50. The molecule has 3 aliphatic heterocycles. The maximum Gasteiger partial charge on any atom is 0.0588 e. The summed E-state index contributed by atoms with van der Waals surface area (Å²) in [5.74, 6) is 0.776. The Morgan fingerprint density at radius 3 is 2.50 bits per heavy atom. The Bertz CT molecular complexity index is 295. The number of ether oxygens (including phenoxy) is 1. The minimum atomic E-state index is 0.478. The van der Waals surface area contributed by atoms with Gasteiger partial charge in [0.05, 0.1) is 6.10 Å². The van der Waals surface area contributed by atoms with Crippen LogP contribution in [0.2, 0.25) is 0 Å². The topological polar surface area (TPSA) is 24.5 Å². The molecule has 3 fully saturated rings. The molecule has 3 heteroatoms. The first-order valence-corrected chi connectivity index (χ1v) is 8.88. The van der Waals surface area contributed by atoms with Gasteiger partial charge in [0.2, 0.25) is 0 Å². The number of hydrogen-bond acceptors (Lipinski definition) is 3. The fourth-order valence-corrected chi connectivity index (χ4v) is 4.58. The summed E-state index contributed by atoms with van der Waals surface area (Å²) in [7, 11) is 0. The monoisotopic (exact) mass is 280 g/mol. The Morgan fingerprint density at radius 2 is 1.90 bits per heavy atom. The zero-order chi connectivity index (χ0) is 13.9. The van der Waals surface area contributed by atoms with Crippen molar-refractivity contribution >= 4 is 0 Å². The van der Waals surface area contributed by atoms with E-state index >= 15 is 0 Å². The maximum absolute atomic E-state index is 5.76. The van der Waals surface area contributed by atoms with Crippen molar-refractivity contribution in [3.05, 3.63) is 0 Å². The van der Waals surface area contributed by atoms with Crippen molar-refractivity contribution in [1.29, 1.82) is 0 Å². The summed E-state index contributed by atoms with van der Waals surface area (Å²) >= 11 is 0. The molecule has 2 bridgehead atoms. The molecule has 3 saturated heterocycles. The van der Waals surface area contributed by atoms with Crippen molar-refractivity contribution in [1.82, 2.24) is 10.2 Å². The van der Waals surface area contributed by atoms with Gasteiger partial charge in [0.1, 0.15) is 0 Å². The van der Waals surface area contributed by atoms with Gasteiger partial charge in [-0.1, -0.05) is 13.3 Å². The molecule has 0 aliphatic carbocycles. The largest absolute Gasteiger partial charge is 0.378 e. The van der Waals surface area contributed by atoms with Crippen molar-refractivity contribution in [3.8, 4) is 0 Å². The van der Waals surface area contributed by atoms with E-state index in [1.54, 1.807) is 0 Å². The van der Waals surface area contributed by atoms with E-state index in [0.717, 1.165) is 30.7 Å². The molecule has 3 nitrogen and oxygen atoms in total. The SMILES string of the molecule is CCCNC1CC2CCCC(C1)N2CC1CCOC1C. The second-order valence-electron chi connectivity index (χ2n) is 7.18. The van der Waals surface area contributed by atoms with Crippen LogP contribution in [-0.2, 0) is 4.74 Å². The Hall–Kier alpha value is -0.120. The predicted octanol–water partition coefficient (Wildman–Crippen LogP) is 2.80. The molecule has 0 amide bonds. The molecular weight excluding hydrogens is 248 g/mol. The van der Waals surface area contributed by atoms with Crippen LogP contribution in [0.5, 0.6) is 0 Å². The lowest BCUT2D eigenvalue weighted by atomic mass is 9.80. The number of piperidine rings is 2. The molecule has 20 heavy (non-hydrogen) atoms. The average Bonchev–Trinajstić information content (AvgIpc) is 2.82. The van der Waals surface area contributed by atoms with Gasteiger partial charge in [-0.3, -0.25) is 4.90 Å². The van der Waals surface area contributed by atoms with Crippen LogP contribution >= 0.6 is 0 Å². The highest BCUT2D eigenvalue weighted by Gasteiger charge is 2.40. The lowest BCUT2D eigenvalue weighted by molar-refractivity contribution is 0.00171. The minimum absolute atomic E-state index is 0.478. The number of hydrogen-bond donors (Lipinski definition) is 1. The van der Waals surface area contributed by atoms with Crippen LogP contribution in [0, 0.1) is 5.92 Å². The van der Waals surface area contributed by atoms with Crippen LogP contribution in [0.15, 0.2) is 0 Å². The molecule has 0 aromatic carbocycles. The van der Waals surface area contributed by atoms with E-state index in [-0.39, 0.29) is 0 Å². The summed E-state index contributed by atoms with van der Waals surface area (Å²) in [4.78, 5) is 2.86. The van der Waals surface area contributed by atoms with Crippen molar-refractivity contribution in [2.75, 3.05) is 19.7 Å². The molecule has 4 atom stereocenters. The van der Waals surface area contributed by atoms with Gasteiger partial charge in [0.25, 0.3) is 0 Å². The van der Waals surface area contributed by atoms with Gasteiger partial charge in [-0.15, -0.1) is 0 Å². The van der Waals surface area contributed by atoms with Crippen molar-refractivity contribution in [2.24, 2.45) is 5.92 Å². The fourth-order valence-electron chi connectivity index (χ4n) is 4.58. The first kappa shape index (κ1) is 14.8. The molecule has 0 radical (unpaired) electrons. The molecule has 0 aromatic heterocycles. The van der Waals surface area contributed by atoms with Gasteiger partial charge in [-0.25, -0.2) is 0 Å². The van der Waals surface area contributed by atoms with Crippen LogP contribution in [-0.4, -0.2) is 48.8 Å². The predicted molar refractivity (Wildman–Crippen MR) is 83.0 cm³/mol. The molecule has 3 rings (SSSR count). The molecule has 0 spiro atoms. The first-order chi connectivity index (χ1) is 9.78. The van der Waals surface area contributed by atoms with Gasteiger partial charge in [-0.2, -0.15) is 0 Å². The molecule has 0 saturated carbocycles. The zero-order valence-electron chi connectivity index (χ0n) is 13.3. The fraction of sp³-hybridized carbons (Fsp3) is 1.00. The Balaban J connectivity index is 1.58. The molecular formula is C17H32N2O. The van der Waals surface area contributed by atoms with Crippen molar-refractivity contribution in [3.63, 3.8) is 0 Å². The van der Waals surface area contributed by atoms with Crippen LogP contribution < -0.4 is 5.32 Å². The van der Waals surface area contributed by atoms with Crippen molar-refractivity contribution < 1.29 is 4.74 Å². The third-order valence-electron chi connectivity index (χ3n) is 5.79. The molecule has 3 aliphatic rings. The van der Waals surface area contributed by atoms with E-state index in [1.807, 2.05) is 0 Å². The van der Waals surface area contributed by atoms with E-state index in [0.29, 0.717) is 6.10 Å². The van der Waals surface area contributed by atoms with E-state index in [9.17, 15) is 0 Å². The summed E-state index contributed by atoms with van der Waals surface area (Å²) in [5, 5.41) is 3.77. The normalized spacial score (nSPS) is 42.0. The number of fused-ring (bicyclic) bond motifs is 2. The molecule has 116 valence electrons. The van der Waals surface area contributed by atoms with Gasteiger partial charge in [0, 0.05) is 31.3 Å². The zero-order valence-corrected chi connectivity index (χ0v) is 13.3. The molecule has 1 N–H and O–H groups in total. The standard InChI is InChI=1S/C17H32N2O/c1-3-8-18-15-10-16-5-4-6-17(11-15)19(16)12-14-7-9-20-13(14)2/h13-18H,3-12H2,1-2H3. The third-order valence-corrected chi connectivity index (χ3v) is 5.79. The number of nitrogens with one attached hydrogen (secondary N) is 1. The highest BCUT2D eigenvalue weighted by Crippen LogP contribution is 2.36. The molecule has 3 heterocycles. The third kappa shape index (κ3) is 3.20. The summed E-state index contributed by atoms with van der Waals surface area (Å²) in [5.41, 5.74) is 0. The van der Waals surface area contributed by atoms with E-state index < -0.39 is 0 Å². The second-order valence-corrected chi connectivity index (χ2v) is 7.18. The smallest absolute Gasteiger partial charge is 0.0588 e. The minimum Gasteiger partial charge on any atom is -0.378 e. The van der Waals surface area contributed by atoms with E-state index in [1.165, 1.54) is 58.0 Å². The van der Waals surface area contributed by atoms with Crippen LogP contribution in [0.1, 0.15) is 58.8 Å². The summed E-state index contributed by atoms with van der Waals surface area (Å²) < 4.78 is 5.76. The van der Waals surface area contributed by atoms with E-state index in [2.05, 4.69) is 24.1 Å². The van der Waals surface area contributed by atoms with Gasteiger partial charge >= 0.3 is 0 Å². The van der Waals surface area contributed by atoms with Gasteiger partial charge in [0.15, 0.2) is 0 Å². The summed E-state index contributed by atoms with van der Waals surface area (Å²) in [6, 6.07) is 2.45. The van der Waals surface area contributed by atoms with E-state index in [4.69, 9.17) is 4.74 Å². The Labute approximate surface area is 124 Å². The lowest BCUT2D eigenvalue weighted by Crippen LogP contribution is -2.57. The van der Waals surface area contributed by atoms with Crippen LogP contribution in [0.3, 0.4) is 0 Å². The quantitative estimate of drug-likeness (QED) is 0.838. The highest BCUT2D eigenvalue weighted by atomic mass is 16.5. The summed E-state index contributed by atoms with van der Waals surface area (Å²) in [6.45, 7) is 8.00. The number of nitrogens with zero attached hydrogens (tertiary/aromatic N) is 1. The Morgan fingerprint density at radius 1 is 1.15 bits per heavy atom. The number of rotatable bonds is 5. The van der Waals surface area contributed by atoms with Crippen LogP contribution in [0.4, 0.5) is 0 Å². The first-order valence-electron chi connectivity index (χ1n) is 8.88. The van der Waals surface area contributed by atoms with Gasteiger partial charge in [-0.05, 0) is 57.9 Å². The van der Waals surface area contributed by atoms with Crippen molar-refractivity contribution in [2.45, 2.75) is 83.0 Å². The average molecular weight is 280 g/mol. The summed E-state index contributed by atoms with van der Waals surface area (Å²) in [6.07, 6.45) is 10.0. The Kier molecular flexibility index (Phi) is 5.00. The van der Waals surface area contributed by atoms with Gasteiger partial charge < -0.3 is 10.1 Å². The maximum atomic E-state index is 5.76. The second kappa shape index (κ2) is 6.76. The molecule has 0 aromatic rings. The van der Waals surface area contributed by atoms with Crippen LogP contribution in [0.25, 0.3) is 0 Å².